The average Bonchev–Trinajstić information content (AvgIpc) is 3.53. The van der Waals surface area contributed by atoms with E-state index < -0.39 is 5.91 Å². The number of hydrogen-bond donors (Lipinski definition) is 1. The molecule has 0 aliphatic heterocycles. The Morgan fingerprint density at radius 1 is 1.21 bits per heavy atom. The number of nitrogens with two attached hydrogens (primary N) is 1. The molecule has 1 amide bonds. The van der Waals surface area contributed by atoms with Gasteiger partial charge in [-0.05, 0) is 60.8 Å². The van der Waals surface area contributed by atoms with E-state index in [2.05, 4.69) is 46.9 Å². The minimum Gasteiger partial charge on any atom is -0.363 e. The van der Waals surface area contributed by atoms with Crippen molar-refractivity contribution in [1.82, 2.24) is 19.5 Å². The maximum absolute atomic E-state index is 12.0. The first-order valence-corrected chi connectivity index (χ1v) is 11.8. The third kappa shape index (κ3) is 3.26. The molecule has 2 aromatic heterocycles. The van der Waals surface area contributed by atoms with Crippen LogP contribution in [0.15, 0.2) is 36.7 Å². The normalized spacial score (nSPS) is 24.9. The van der Waals surface area contributed by atoms with Crippen molar-refractivity contribution in [1.29, 1.82) is 0 Å². The number of imidazole rings is 1. The number of hydrogen-bond acceptors (Lipinski definition) is 4. The summed E-state index contributed by atoms with van der Waals surface area (Å²) in [5.41, 5.74) is 11.0. The van der Waals surface area contributed by atoms with E-state index >= 15 is 0 Å². The second-order valence-corrected chi connectivity index (χ2v) is 9.68. The molecule has 2 bridgehead atoms. The van der Waals surface area contributed by atoms with E-state index in [-0.39, 0.29) is 5.92 Å². The van der Waals surface area contributed by atoms with E-state index in [1.165, 1.54) is 18.4 Å². The number of benzene rings is 1. The summed E-state index contributed by atoms with van der Waals surface area (Å²) in [7, 11) is 1.90. The molecule has 166 valence electrons. The molecule has 6 heteroatoms. The predicted octanol–water partition coefficient (Wildman–Crippen LogP) is 4.13. The molecular weight excluding hydrogens is 410 g/mol. The van der Waals surface area contributed by atoms with Crippen molar-refractivity contribution >= 4 is 5.91 Å². The maximum atomic E-state index is 12.0. The molecule has 3 unspecified atom stereocenters. The van der Waals surface area contributed by atoms with Crippen LogP contribution >= 0.6 is 0 Å². The van der Waals surface area contributed by atoms with E-state index in [1.807, 2.05) is 17.7 Å². The summed E-state index contributed by atoms with van der Waals surface area (Å²) in [6.07, 6.45) is 8.14. The first kappa shape index (κ1) is 20.2. The van der Waals surface area contributed by atoms with Crippen molar-refractivity contribution in [2.24, 2.45) is 24.6 Å². The van der Waals surface area contributed by atoms with Crippen molar-refractivity contribution < 1.29 is 4.79 Å². The number of amides is 1. The minimum atomic E-state index is -0.487. The first-order chi connectivity index (χ1) is 16.0. The third-order valence-electron chi connectivity index (χ3n) is 7.80. The maximum Gasteiger partial charge on any atom is 0.284 e. The zero-order valence-electron chi connectivity index (χ0n) is 19.0. The summed E-state index contributed by atoms with van der Waals surface area (Å²) in [4.78, 5) is 25.7. The topological polar surface area (TPSA) is 86.7 Å². The van der Waals surface area contributed by atoms with Crippen LogP contribution in [0.25, 0.3) is 11.3 Å². The molecule has 0 saturated heterocycles. The van der Waals surface area contributed by atoms with E-state index in [1.54, 1.807) is 12.4 Å². The van der Waals surface area contributed by atoms with E-state index in [0.29, 0.717) is 29.5 Å². The van der Waals surface area contributed by atoms with E-state index in [0.717, 1.165) is 41.2 Å². The summed E-state index contributed by atoms with van der Waals surface area (Å²) in [6, 6.07) is 8.32. The van der Waals surface area contributed by atoms with Gasteiger partial charge in [-0.3, -0.25) is 4.79 Å². The monoisotopic (exact) mass is 437 g/mol. The fraction of sp³-hybridized carbons (Fsp3) is 0.407. The highest BCUT2D eigenvalue weighted by molar-refractivity contribution is 5.91. The average molecular weight is 438 g/mol. The minimum absolute atomic E-state index is 0.0506. The van der Waals surface area contributed by atoms with Crippen LogP contribution in [0.1, 0.15) is 83.6 Å². The van der Waals surface area contributed by atoms with Crippen LogP contribution in [-0.4, -0.2) is 25.4 Å². The standard InChI is InChI=1S/C27H27N5O/c1-3-16-14-21(16)20(26-29-9-4-10-30-26)8-6-15-5-7-19-17-12-18(13-17)24-23(22(19)11-15)31-27(25(28)33)32(24)2/h4-5,7,9-11,16-18,20-21H,3,12-14H2,1-2H3,(H2,28,33). The van der Waals surface area contributed by atoms with Gasteiger partial charge in [-0.25, -0.2) is 15.0 Å². The zero-order valence-corrected chi connectivity index (χ0v) is 19.0. The van der Waals surface area contributed by atoms with Gasteiger partial charge in [-0.2, -0.15) is 0 Å². The van der Waals surface area contributed by atoms with Crippen LogP contribution in [0.3, 0.4) is 0 Å². The van der Waals surface area contributed by atoms with Crippen LogP contribution in [0.5, 0.6) is 0 Å². The number of rotatable bonds is 4. The lowest BCUT2D eigenvalue weighted by Crippen LogP contribution is -2.23. The second kappa shape index (κ2) is 7.55. The molecular formula is C27H27N5O. The van der Waals surface area contributed by atoms with Gasteiger partial charge in [-0.15, -0.1) is 0 Å². The smallest absolute Gasteiger partial charge is 0.284 e. The lowest BCUT2D eigenvalue weighted by atomic mass is 9.71. The SMILES string of the molecule is CCC1CC1C(C#Cc1ccc2c(c1)-c1nc(C(N)=O)n(C)c1C1CC2C1)c1ncccn1. The molecule has 2 N–H and O–H groups in total. The number of primary amides is 1. The van der Waals surface area contributed by atoms with Crippen molar-refractivity contribution in [2.45, 2.75) is 50.4 Å². The predicted molar refractivity (Wildman–Crippen MR) is 125 cm³/mol. The van der Waals surface area contributed by atoms with Crippen LogP contribution in [-0.2, 0) is 7.05 Å². The van der Waals surface area contributed by atoms with Gasteiger partial charge in [0.1, 0.15) is 5.82 Å². The Balaban J connectivity index is 1.41. The van der Waals surface area contributed by atoms with E-state index in [4.69, 9.17) is 10.7 Å². The Kier molecular flexibility index (Phi) is 4.62. The van der Waals surface area contributed by atoms with Crippen molar-refractivity contribution in [3.8, 4) is 23.1 Å². The molecule has 4 aliphatic rings. The van der Waals surface area contributed by atoms with Gasteiger partial charge in [0.15, 0.2) is 5.82 Å². The summed E-state index contributed by atoms with van der Waals surface area (Å²) >= 11 is 0. The second-order valence-electron chi connectivity index (χ2n) is 9.68. The summed E-state index contributed by atoms with van der Waals surface area (Å²) in [5, 5.41) is 0. The molecule has 3 aromatic rings. The molecule has 33 heavy (non-hydrogen) atoms. The summed E-state index contributed by atoms with van der Waals surface area (Å²) in [6.45, 7) is 2.24. The van der Waals surface area contributed by atoms with E-state index in [9.17, 15) is 4.79 Å². The van der Waals surface area contributed by atoms with Gasteiger partial charge >= 0.3 is 0 Å². The van der Waals surface area contributed by atoms with Crippen LogP contribution in [0.4, 0.5) is 0 Å². The molecule has 3 atom stereocenters. The zero-order chi connectivity index (χ0) is 22.7. The van der Waals surface area contributed by atoms with Gasteiger partial charge < -0.3 is 10.3 Å². The number of aromatic nitrogens is 4. The Labute approximate surface area is 193 Å². The Bertz CT molecular complexity index is 1310. The lowest BCUT2D eigenvalue weighted by molar-refractivity contribution is 0.0987. The van der Waals surface area contributed by atoms with Crippen molar-refractivity contribution in [2.75, 3.05) is 0 Å². The molecule has 2 fully saturated rings. The molecule has 4 aliphatic carbocycles. The highest BCUT2D eigenvalue weighted by Gasteiger charge is 2.43. The quantitative estimate of drug-likeness (QED) is 0.622. The first-order valence-electron chi connectivity index (χ1n) is 11.8. The van der Waals surface area contributed by atoms with Crippen LogP contribution in [0.2, 0.25) is 0 Å². The van der Waals surface area contributed by atoms with Crippen LogP contribution in [0, 0.1) is 23.7 Å². The highest BCUT2D eigenvalue weighted by Crippen LogP contribution is 2.55. The van der Waals surface area contributed by atoms with Crippen molar-refractivity contribution in [3.05, 3.63) is 65.1 Å². The van der Waals surface area contributed by atoms with Gasteiger partial charge in [-0.1, -0.05) is 31.3 Å². The lowest BCUT2D eigenvalue weighted by Gasteiger charge is -2.34. The fourth-order valence-electron chi connectivity index (χ4n) is 5.83. The molecule has 2 heterocycles. The summed E-state index contributed by atoms with van der Waals surface area (Å²) < 4.78 is 1.90. The van der Waals surface area contributed by atoms with Gasteiger partial charge in [0.05, 0.1) is 11.6 Å². The Morgan fingerprint density at radius 3 is 2.70 bits per heavy atom. The molecule has 0 spiro atoms. The Morgan fingerprint density at radius 2 is 2.00 bits per heavy atom. The largest absolute Gasteiger partial charge is 0.363 e. The fourth-order valence-corrected chi connectivity index (χ4v) is 5.83. The van der Waals surface area contributed by atoms with Crippen LogP contribution < -0.4 is 5.73 Å². The van der Waals surface area contributed by atoms with Gasteiger partial charge in [0.2, 0.25) is 0 Å². The molecule has 0 radical (unpaired) electrons. The number of carbonyl (C=O) groups is 1. The highest BCUT2D eigenvalue weighted by atomic mass is 16.1. The molecule has 7 rings (SSSR count). The van der Waals surface area contributed by atoms with Gasteiger partial charge in [0, 0.05) is 42.2 Å². The number of carbonyl (C=O) groups excluding carboxylic acids is 1. The van der Waals surface area contributed by atoms with Crippen molar-refractivity contribution in [3.63, 3.8) is 0 Å². The molecule has 6 nitrogen and oxygen atoms in total. The van der Waals surface area contributed by atoms with Gasteiger partial charge in [0.25, 0.3) is 5.91 Å². The number of nitrogens with zero attached hydrogens (tertiary/aromatic N) is 4. The molecule has 1 aromatic carbocycles. The molecule has 2 saturated carbocycles. The summed E-state index contributed by atoms with van der Waals surface area (Å²) in [5.74, 6) is 9.85. The third-order valence-corrected chi connectivity index (χ3v) is 7.80. The Hall–Kier alpha value is -3.46.